The predicted molar refractivity (Wildman–Crippen MR) is 114 cm³/mol. The molecule has 0 saturated heterocycles. The van der Waals surface area contributed by atoms with Crippen molar-refractivity contribution in [3.8, 4) is 11.1 Å². The Kier molecular flexibility index (Phi) is 5.57. The van der Waals surface area contributed by atoms with Gasteiger partial charge in [0, 0.05) is 54.3 Å². The monoisotopic (exact) mass is 403 g/mol. The molecule has 0 atom stereocenters. The first kappa shape index (κ1) is 19.8. The summed E-state index contributed by atoms with van der Waals surface area (Å²) in [6.45, 7) is 2.71. The minimum absolute atomic E-state index is 0.00236. The molecule has 5 nitrogen and oxygen atoms in total. The van der Waals surface area contributed by atoms with E-state index in [0.29, 0.717) is 53.9 Å². The maximum atomic E-state index is 15.1. The van der Waals surface area contributed by atoms with Gasteiger partial charge in [0.05, 0.1) is 0 Å². The zero-order valence-corrected chi connectivity index (χ0v) is 16.7. The number of carbonyl (C=O) groups is 2. The summed E-state index contributed by atoms with van der Waals surface area (Å²) < 4.78 is 15.1. The van der Waals surface area contributed by atoms with Gasteiger partial charge in [-0.2, -0.15) is 0 Å². The molecule has 0 spiro atoms. The summed E-state index contributed by atoms with van der Waals surface area (Å²) in [5, 5.41) is 2.85. The first-order valence-corrected chi connectivity index (χ1v) is 9.97. The Balaban J connectivity index is 1.50. The number of rotatable bonds is 5. The van der Waals surface area contributed by atoms with Crippen LogP contribution in [0.1, 0.15) is 34.8 Å². The molecule has 2 aromatic carbocycles. The third kappa shape index (κ3) is 3.81. The zero-order valence-electron chi connectivity index (χ0n) is 16.7. The highest BCUT2D eigenvalue weighted by molar-refractivity contribution is 5.96. The number of pyridine rings is 1. The number of hydrogen-bond acceptors (Lipinski definition) is 3. The lowest BCUT2D eigenvalue weighted by molar-refractivity contribution is -0.118. The van der Waals surface area contributed by atoms with E-state index in [9.17, 15) is 9.59 Å². The van der Waals surface area contributed by atoms with Crippen molar-refractivity contribution in [1.29, 1.82) is 0 Å². The maximum absolute atomic E-state index is 15.1. The lowest BCUT2D eigenvalue weighted by Gasteiger charge is -2.17. The molecule has 3 aromatic rings. The SMILES string of the molecule is CCC(=O)N1CCc2c1ccc(-c1ccc(C(=O)NCc3cccnc3)cc1)c2F. The Labute approximate surface area is 174 Å². The number of nitrogens with one attached hydrogen (secondary N) is 1. The van der Waals surface area contributed by atoms with Crippen molar-refractivity contribution in [3.63, 3.8) is 0 Å². The molecule has 0 bridgehead atoms. The van der Waals surface area contributed by atoms with Gasteiger partial charge in [0.15, 0.2) is 0 Å². The van der Waals surface area contributed by atoms with E-state index < -0.39 is 0 Å². The fourth-order valence-electron chi connectivity index (χ4n) is 3.71. The number of amides is 2. The highest BCUT2D eigenvalue weighted by atomic mass is 19.1. The average Bonchev–Trinajstić information content (AvgIpc) is 3.23. The maximum Gasteiger partial charge on any atom is 0.251 e. The lowest BCUT2D eigenvalue weighted by Crippen LogP contribution is -2.27. The molecule has 0 aliphatic carbocycles. The Bertz CT molecular complexity index is 1080. The van der Waals surface area contributed by atoms with Crippen LogP contribution in [0.5, 0.6) is 0 Å². The molecule has 1 aromatic heterocycles. The standard InChI is InChI=1S/C24H22FN3O2/c1-2-22(29)28-13-11-20-21(28)10-9-19(23(20)25)17-5-7-18(8-6-17)24(30)27-15-16-4-3-12-26-14-16/h3-10,12,14H,2,11,13,15H2,1H3,(H,27,30). The first-order chi connectivity index (χ1) is 14.6. The zero-order chi connectivity index (χ0) is 21.1. The highest BCUT2D eigenvalue weighted by Crippen LogP contribution is 2.36. The van der Waals surface area contributed by atoms with Crippen LogP contribution in [0.15, 0.2) is 60.9 Å². The normalized spacial score (nSPS) is 12.5. The van der Waals surface area contributed by atoms with Crippen molar-refractivity contribution in [2.24, 2.45) is 0 Å². The molecule has 2 heterocycles. The second-order valence-electron chi connectivity index (χ2n) is 7.20. The largest absolute Gasteiger partial charge is 0.348 e. The number of anilines is 1. The fourth-order valence-corrected chi connectivity index (χ4v) is 3.71. The molecule has 4 rings (SSSR count). The van der Waals surface area contributed by atoms with Crippen molar-refractivity contribution in [1.82, 2.24) is 10.3 Å². The number of benzene rings is 2. The number of nitrogens with zero attached hydrogens (tertiary/aromatic N) is 2. The number of aromatic nitrogens is 1. The average molecular weight is 403 g/mol. The lowest BCUT2D eigenvalue weighted by atomic mass is 9.99. The van der Waals surface area contributed by atoms with Crippen LogP contribution in [0.3, 0.4) is 0 Å². The van der Waals surface area contributed by atoms with Crippen molar-refractivity contribution in [2.45, 2.75) is 26.3 Å². The summed E-state index contributed by atoms with van der Waals surface area (Å²) in [5.41, 5.74) is 3.82. The predicted octanol–water partition coefficient (Wildman–Crippen LogP) is 4.12. The van der Waals surface area contributed by atoms with Gasteiger partial charge in [-0.05, 0) is 47.9 Å². The van der Waals surface area contributed by atoms with Crippen molar-refractivity contribution in [3.05, 3.63) is 83.4 Å². The molecule has 1 aliphatic heterocycles. The van der Waals surface area contributed by atoms with Gasteiger partial charge in [0.2, 0.25) is 5.91 Å². The number of carbonyl (C=O) groups excluding carboxylic acids is 2. The molecule has 0 fully saturated rings. The molecule has 0 unspecified atom stereocenters. The molecule has 6 heteroatoms. The third-order valence-electron chi connectivity index (χ3n) is 5.33. The second-order valence-corrected chi connectivity index (χ2v) is 7.20. The van der Waals surface area contributed by atoms with Crippen LogP contribution in [-0.4, -0.2) is 23.3 Å². The van der Waals surface area contributed by atoms with Crippen molar-refractivity contribution >= 4 is 17.5 Å². The summed E-state index contributed by atoms with van der Waals surface area (Å²) in [5.74, 6) is -0.497. The molecule has 30 heavy (non-hydrogen) atoms. The van der Waals surface area contributed by atoms with Crippen LogP contribution in [0.4, 0.5) is 10.1 Å². The number of hydrogen-bond donors (Lipinski definition) is 1. The van der Waals surface area contributed by atoms with Crippen LogP contribution in [0.25, 0.3) is 11.1 Å². The van der Waals surface area contributed by atoms with E-state index in [0.717, 1.165) is 5.56 Å². The van der Waals surface area contributed by atoms with Gasteiger partial charge in [0.25, 0.3) is 5.91 Å². The molecule has 0 radical (unpaired) electrons. The third-order valence-corrected chi connectivity index (χ3v) is 5.33. The summed E-state index contributed by atoms with van der Waals surface area (Å²) >= 11 is 0. The van der Waals surface area contributed by atoms with E-state index in [2.05, 4.69) is 10.3 Å². The van der Waals surface area contributed by atoms with Crippen LogP contribution in [-0.2, 0) is 17.8 Å². The molecule has 1 aliphatic rings. The van der Waals surface area contributed by atoms with E-state index in [1.54, 1.807) is 54.5 Å². The molecule has 2 amide bonds. The van der Waals surface area contributed by atoms with Gasteiger partial charge < -0.3 is 10.2 Å². The Hall–Kier alpha value is -3.54. The molecule has 0 saturated carbocycles. The molecular formula is C24H22FN3O2. The first-order valence-electron chi connectivity index (χ1n) is 9.97. The minimum atomic E-state index is -0.298. The topological polar surface area (TPSA) is 62.3 Å². The summed E-state index contributed by atoms with van der Waals surface area (Å²) in [6, 6.07) is 14.1. The molecule has 1 N–H and O–H groups in total. The molecular weight excluding hydrogens is 381 g/mol. The van der Waals surface area contributed by atoms with Crippen LogP contribution < -0.4 is 10.2 Å². The van der Waals surface area contributed by atoms with Gasteiger partial charge in [0.1, 0.15) is 5.82 Å². The quantitative estimate of drug-likeness (QED) is 0.697. The van der Waals surface area contributed by atoms with E-state index in [4.69, 9.17) is 0 Å². The Morgan fingerprint density at radius 3 is 2.63 bits per heavy atom. The van der Waals surface area contributed by atoms with E-state index >= 15 is 4.39 Å². The van der Waals surface area contributed by atoms with Gasteiger partial charge in [-0.1, -0.05) is 25.1 Å². The van der Waals surface area contributed by atoms with Crippen molar-refractivity contribution < 1.29 is 14.0 Å². The van der Waals surface area contributed by atoms with E-state index in [1.165, 1.54) is 0 Å². The van der Waals surface area contributed by atoms with Gasteiger partial charge in [-0.15, -0.1) is 0 Å². The van der Waals surface area contributed by atoms with Crippen molar-refractivity contribution in [2.75, 3.05) is 11.4 Å². The van der Waals surface area contributed by atoms with Crippen LogP contribution in [0, 0.1) is 5.82 Å². The highest BCUT2D eigenvalue weighted by Gasteiger charge is 2.27. The minimum Gasteiger partial charge on any atom is -0.348 e. The number of halogens is 1. The summed E-state index contributed by atoms with van der Waals surface area (Å²) in [7, 11) is 0. The molecule has 152 valence electrons. The Morgan fingerprint density at radius 1 is 1.13 bits per heavy atom. The fraction of sp³-hybridized carbons (Fsp3) is 0.208. The summed E-state index contributed by atoms with van der Waals surface area (Å²) in [4.78, 5) is 30.1. The van der Waals surface area contributed by atoms with Gasteiger partial charge in [-0.3, -0.25) is 14.6 Å². The van der Waals surface area contributed by atoms with E-state index in [-0.39, 0.29) is 17.6 Å². The van der Waals surface area contributed by atoms with Gasteiger partial charge >= 0.3 is 0 Å². The van der Waals surface area contributed by atoms with Gasteiger partial charge in [-0.25, -0.2) is 4.39 Å². The van der Waals surface area contributed by atoms with E-state index in [1.807, 2.05) is 18.2 Å². The Morgan fingerprint density at radius 2 is 1.93 bits per heavy atom. The number of fused-ring (bicyclic) bond motifs is 1. The smallest absolute Gasteiger partial charge is 0.251 e. The second kappa shape index (κ2) is 8.45. The van der Waals surface area contributed by atoms with Crippen LogP contribution in [0.2, 0.25) is 0 Å². The van der Waals surface area contributed by atoms with Crippen LogP contribution >= 0.6 is 0 Å². The summed E-state index contributed by atoms with van der Waals surface area (Å²) in [6.07, 6.45) is 4.29.